The molecule has 0 aliphatic heterocycles. The molecule has 0 radical (unpaired) electrons. The molecule has 1 rings (SSSR count). The summed E-state index contributed by atoms with van der Waals surface area (Å²) in [4.78, 5) is 0. The summed E-state index contributed by atoms with van der Waals surface area (Å²) in [5.74, 6) is 0. The van der Waals surface area contributed by atoms with Crippen LogP contribution in [-0.2, 0) is 6.54 Å². The molecular formula is C13H20BrN. The van der Waals surface area contributed by atoms with Crippen molar-refractivity contribution in [3.63, 3.8) is 0 Å². The average Bonchev–Trinajstić information content (AvgIpc) is 2.24. The molecule has 1 atom stereocenters. The number of alkyl halides is 1. The molecule has 0 aliphatic rings. The molecule has 0 aromatic heterocycles. The van der Waals surface area contributed by atoms with E-state index in [2.05, 4.69) is 59.4 Å². The highest BCUT2D eigenvalue weighted by molar-refractivity contribution is 9.09. The molecule has 84 valence electrons. The average molecular weight is 270 g/mol. The second kappa shape index (κ2) is 7.02. The summed E-state index contributed by atoms with van der Waals surface area (Å²) in [5, 5.41) is 4.66. The maximum atomic E-state index is 3.58. The third kappa shape index (κ3) is 4.80. The lowest BCUT2D eigenvalue weighted by atomic mass is 10.1. The monoisotopic (exact) mass is 269 g/mol. The van der Waals surface area contributed by atoms with E-state index in [-0.39, 0.29) is 0 Å². The zero-order valence-electron chi connectivity index (χ0n) is 9.59. The Balaban J connectivity index is 2.41. The van der Waals surface area contributed by atoms with Gasteiger partial charge >= 0.3 is 0 Å². The van der Waals surface area contributed by atoms with Gasteiger partial charge in [-0.1, -0.05) is 52.7 Å². The molecule has 1 nitrogen and oxygen atoms in total. The summed E-state index contributed by atoms with van der Waals surface area (Å²) in [6.07, 6.45) is 2.39. The second-order valence-electron chi connectivity index (χ2n) is 3.95. The van der Waals surface area contributed by atoms with Gasteiger partial charge in [0.1, 0.15) is 0 Å². The Kier molecular flexibility index (Phi) is 5.96. The summed E-state index contributed by atoms with van der Waals surface area (Å²) < 4.78 is 0. The lowest BCUT2D eigenvalue weighted by Crippen LogP contribution is -2.28. The Morgan fingerprint density at radius 1 is 1.40 bits per heavy atom. The van der Waals surface area contributed by atoms with Gasteiger partial charge in [-0.25, -0.2) is 0 Å². The Labute approximate surface area is 101 Å². The van der Waals surface area contributed by atoms with Gasteiger partial charge in [0.15, 0.2) is 0 Å². The van der Waals surface area contributed by atoms with Crippen LogP contribution in [0.15, 0.2) is 24.3 Å². The zero-order valence-corrected chi connectivity index (χ0v) is 11.2. The van der Waals surface area contributed by atoms with Gasteiger partial charge in [-0.2, -0.15) is 0 Å². The van der Waals surface area contributed by atoms with Crippen molar-refractivity contribution in [2.75, 3.05) is 5.33 Å². The van der Waals surface area contributed by atoms with Crippen molar-refractivity contribution in [2.45, 2.75) is 39.3 Å². The lowest BCUT2D eigenvalue weighted by Gasteiger charge is -2.15. The molecule has 0 saturated carbocycles. The van der Waals surface area contributed by atoms with Gasteiger partial charge in [-0.15, -0.1) is 0 Å². The van der Waals surface area contributed by atoms with Crippen LogP contribution in [0.25, 0.3) is 0 Å². The fraction of sp³-hybridized carbons (Fsp3) is 0.538. The fourth-order valence-corrected chi connectivity index (χ4v) is 2.22. The molecule has 1 unspecified atom stereocenters. The van der Waals surface area contributed by atoms with Crippen LogP contribution in [0.5, 0.6) is 0 Å². The maximum absolute atomic E-state index is 3.58. The summed E-state index contributed by atoms with van der Waals surface area (Å²) in [6.45, 7) is 5.35. The highest BCUT2D eigenvalue weighted by atomic mass is 79.9. The number of nitrogens with one attached hydrogen (secondary N) is 1. The van der Waals surface area contributed by atoms with Crippen LogP contribution in [0.2, 0.25) is 0 Å². The first-order valence-corrected chi connectivity index (χ1v) is 6.73. The maximum Gasteiger partial charge on any atom is 0.0208 e. The molecule has 0 aliphatic carbocycles. The third-order valence-electron chi connectivity index (χ3n) is 2.63. The van der Waals surface area contributed by atoms with E-state index in [1.54, 1.807) is 0 Å². The number of rotatable bonds is 6. The quantitative estimate of drug-likeness (QED) is 0.778. The molecule has 0 bridgehead atoms. The van der Waals surface area contributed by atoms with Crippen molar-refractivity contribution in [1.82, 2.24) is 5.32 Å². The van der Waals surface area contributed by atoms with E-state index in [1.807, 2.05) is 0 Å². The standard InChI is InChI=1S/C13H20BrN/c1-3-13(7-8-14)15-10-12-6-4-5-11(2)9-12/h4-6,9,13,15H,3,7-8,10H2,1-2H3. The Morgan fingerprint density at radius 2 is 2.20 bits per heavy atom. The van der Waals surface area contributed by atoms with Crippen LogP contribution in [0.3, 0.4) is 0 Å². The smallest absolute Gasteiger partial charge is 0.0208 e. The van der Waals surface area contributed by atoms with Gasteiger partial charge in [0.25, 0.3) is 0 Å². The topological polar surface area (TPSA) is 12.0 Å². The van der Waals surface area contributed by atoms with Crippen molar-refractivity contribution in [3.05, 3.63) is 35.4 Å². The summed E-state index contributed by atoms with van der Waals surface area (Å²) in [6, 6.07) is 9.32. The molecule has 0 saturated heterocycles. The van der Waals surface area contributed by atoms with Crippen LogP contribution in [-0.4, -0.2) is 11.4 Å². The predicted octanol–water partition coefficient (Wildman–Crippen LogP) is 3.65. The van der Waals surface area contributed by atoms with E-state index in [9.17, 15) is 0 Å². The molecule has 0 fully saturated rings. The normalized spacial score (nSPS) is 12.7. The molecule has 0 heterocycles. The molecule has 15 heavy (non-hydrogen) atoms. The highest BCUT2D eigenvalue weighted by Crippen LogP contribution is 2.06. The minimum atomic E-state index is 0.630. The van der Waals surface area contributed by atoms with Gasteiger partial charge in [0.2, 0.25) is 0 Å². The Bertz CT molecular complexity index is 286. The minimum absolute atomic E-state index is 0.630. The third-order valence-corrected chi connectivity index (χ3v) is 3.09. The first kappa shape index (κ1) is 12.7. The van der Waals surface area contributed by atoms with Crippen molar-refractivity contribution < 1.29 is 0 Å². The SMILES string of the molecule is CCC(CCBr)NCc1cccc(C)c1. The van der Waals surface area contributed by atoms with Gasteiger partial charge in [0.05, 0.1) is 0 Å². The number of halogens is 1. The number of aryl methyl sites for hydroxylation is 1. The van der Waals surface area contributed by atoms with Gasteiger partial charge < -0.3 is 5.32 Å². The first-order valence-electron chi connectivity index (χ1n) is 5.61. The summed E-state index contributed by atoms with van der Waals surface area (Å²) in [7, 11) is 0. The molecule has 1 aromatic rings. The number of hydrogen-bond donors (Lipinski definition) is 1. The molecule has 0 amide bonds. The van der Waals surface area contributed by atoms with Crippen molar-refractivity contribution in [1.29, 1.82) is 0 Å². The lowest BCUT2D eigenvalue weighted by molar-refractivity contribution is 0.488. The van der Waals surface area contributed by atoms with Gasteiger partial charge in [-0.3, -0.25) is 0 Å². The van der Waals surface area contributed by atoms with E-state index in [0.29, 0.717) is 6.04 Å². The fourth-order valence-electron chi connectivity index (χ4n) is 1.67. The van der Waals surface area contributed by atoms with E-state index < -0.39 is 0 Å². The Morgan fingerprint density at radius 3 is 2.80 bits per heavy atom. The van der Waals surface area contributed by atoms with E-state index in [4.69, 9.17) is 0 Å². The molecule has 2 heteroatoms. The minimum Gasteiger partial charge on any atom is -0.310 e. The first-order chi connectivity index (χ1) is 7.26. The highest BCUT2D eigenvalue weighted by Gasteiger charge is 2.03. The van der Waals surface area contributed by atoms with Gasteiger partial charge in [-0.05, 0) is 25.3 Å². The zero-order chi connectivity index (χ0) is 11.1. The van der Waals surface area contributed by atoms with Crippen molar-refractivity contribution in [3.8, 4) is 0 Å². The molecular weight excluding hydrogens is 250 g/mol. The van der Waals surface area contributed by atoms with Crippen molar-refractivity contribution >= 4 is 15.9 Å². The van der Waals surface area contributed by atoms with Gasteiger partial charge in [0, 0.05) is 17.9 Å². The van der Waals surface area contributed by atoms with Crippen LogP contribution in [0.4, 0.5) is 0 Å². The summed E-state index contributed by atoms with van der Waals surface area (Å²) in [5.41, 5.74) is 2.71. The predicted molar refractivity (Wildman–Crippen MR) is 70.5 cm³/mol. The van der Waals surface area contributed by atoms with E-state index >= 15 is 0 Å². The van der Waals surface area contributed by atoms with E-state index in [1.165, 1.54) is 24.0 Å². The largest absolute Gasteiger partial charge is 0.310 e. The van der Waals surface area contributed by atoms with Crippen LogP contribution >= 0.6 is 15.9 Å². The van der Waals surface area contributed by atoms with E-state index in [0.717, 1.165) is 11.9 Å². The number of benzene rings is 1. The molecule has 1 aromatic carbocycles. The van der Waals surface area contributed by atoms with Crippen LogP contribution in [0.1, 0.15) is 30.9 Å². The molecule has 1 N–H and O–H groups in total. The Hall–Kier alpha value is -0.340. The summed E-state index contributed by atoms with van der Waals surface area (Å²) >= 11 is 3.49. The van der Waals surface area contributed by atoms with Crippen LogP contribution < -0.4 is 5.32 Å². The van der Waals surface area contributed by atoms with Crippen molar-refractivity contribution in [2.24, 2.45) is 0 Å². The van der Waals surface area contributed by atoms with Crippen LogP contribution in [0, 0.1) is 6.92 Å². The molecule has 0 spiro atoms. The number of hydrogen-bond acceptors (Lipinski definition) is 1. The second-order valence-corrected chi connectivity index (χ2v) is 4.75.